The number of hydrogen-bond donors (Lipinski definition) is 1. The number of carbonyl (C=O) groups excluding carboxylic acids is 3. The van der Waals surface area contributed by atoms with Crippen LogP contribution in [0.3, 0.4) is 0 Å². The molecule has 0 saturated carbocycles. The van der Waals surface area contributed by atoms with E-state index in [0.717, 1.165) is 4.90 Å². The van der Waals surface area contributed by atoms with Crippen LogP contribution in [0, 0.1) is 5.92 Å². The predicted octanol–water partition coefficient (Wildman–Crippen LogP) is 2.34. The van der Waals surface area contributed by atoms with E-state index in [4.69, 9.17) is 0 Å². The first-order valence-corrected chi connectivity index (χ1v) is 9.41. The van der Waals surface area contributed by atoms with E-state index in [-0.39, 0.29) is 17.0 Å². The van der Waals surface area contributed by atoms with Crippen LogP contribution in [0.15, 0.2) is 54.6 Å². The molecule has 0 radical (unpaired) electrons. The first-order chi connectivity index (χ1) is 13.8. The maximum atomic E-state index is 13.1. The molecule has 3 atom stereocenters. The molecule has 1 N–H and O–H groups in total. The maximum Gasteiger partial charge on any atom is 0.326 e. The number of amides is 3. The second-order valence-electron chi connectivity index (χ2n) is 7.60. The van der Waals surface area contributed by atoms with E-state index >= 15 is 0 Å². The first-order valence-electron chi connectivity index (χ1n) is 9.41. The minimum atomic E-state index is -1.12. The van der Waals surface area contributed by atoms with E-state index in [9.17, 15) is 24.3 Å². The van der Waals surface area contributed by atoms with Crippen molar-refractivity contribution in [3.8, 4) is 0 Å². The largest absolute Gasteiger partial charge is 0.480 e. The number of imide groups is 1. The summed E-state index contributed by atoms with van der Waals surface area (Å²) in [5, 5.41) is 9.72. The van der Waals surface area contributed by atoms with Crippen molar-refractivity contribution in [2.75, 3.05) is 0 Å². The molecule has 3 amide bonds. The summed E-state index contributed by atoms with van der Waals surface area (Å²) in [4.78, 5) is 53.2. The third-order valence-electron chi connectivity index (χ3n) is 5.54. The number of nitrogens with zero attached hydrogens (tertiary/aromatic N) is 2. The van der Waals surface area contributed by atoms with Gasteiger partial charge in [-0.25, -0.2) is 4.79 Å². The molecular formula is C22H20N2O5. The van der Waals surface area contributed by atoms with Crippen LogP contribution in [0.1, 0.15) is 46.2 Å². The van der Waals surface area contributed by atoms with Crippen molar-refractivity contribution < 1.29 is 24.3 Å². The van der Waals surface area contributed by atoms with E-state index < -0.39 is 41.8 Å². The highest BCUT2D eigenvalue weighted by Crippen LogP contribution is 2.43. The Morgan fingerprint density at radius 1 is 0.862 bits per heavy atom. The molecule has 2 aromatic rings. The summed E-state index contributed by atoms with van der Waals surface area (Å²) in [7, 11) is 0. The summed E-state index contributed by atoms with van der Waals surface area (Å²) < 4.78 is 0. The molecule has 0 aliphatic carbocycles. The van der Waals surface area contributed by atoms with Crippen molar-refractivity contribution in [2.24, 2.45) is 5.92 Å². The van der Waals surface area contributed by atoms with Crippen LogP contribution in [0.2, 0.25) is 0 Å². The summed E-state index contributed by atoms with van der Waals surface area (Å²) in [6.07, 6.45) is 0. The molecule has 2 aliphatic heterocycles. The van der Waals surface area contributed by atoms with E-state index in [0.29, 0.717) is 5.56 Å². The fourth-order valence-electron chi connectivity index (χ4n) is 4.24. The number of benzene rings is 2. The van der Waals surface area contributed by atoms with Gasteiger partial charge in [0.15, 0.2) is 0 Å². The molecule has 0 unspecified atom stereocenters. The summed E-state index contributed by atoms with van der Waals surface area (Å²) in [5.74, 6) is -3.04. The van der Waals surface area contributed by atoms with E-state index in [1.807, 2.05) is 6.07 Å². The number of rotatable bonds is 5. The van der Waals surface area contributed by atoms with Crippen LogP contribution < -0.4 is 0 Å². The Balaban J connectivity index is 1.78. The second kappa shape index (κ2) is 6.84. The Labute approximate surface area is 167 Å². The minimum Gasteiger partial charge on any atom is -0.480 e. The summed E-state index contributed by atoms with van der Waals surface area (Å²) in [6.45, 7) is 3.45. The van der Waals surface area contributed by atoms with E-state index in [1.54, 1.807) is 62.4 Å². The molecule has 0 aromatic heterocycles. The minimum absolute atomic E-state index is 0.259. The van der Waals surface area contributed by atoms with Crippen LogP contribution in [0.4, 0.5) is 0 Å². The van der Waals surface area contributed by atoms with Crippen molar-refractivity contribution in [1.29, 1.82) is 0 Å². The Morgan fingerprint density at radius 2 is 1.38 bits per heavy atom. The van der Waals surface area contributed by atoms with E-state index in [2.05, 4.69) is 0 Å². The monoisotopic (exact) mass is 392 g/mol. The highest BCUT2D eigenvalue weighted by molar-refractivity contribution is 6.23. The number of β-lactam (4-membered cyclic amide) rings is 1. The fourth-order valence-corrected chi connectivity index (χ4v) is 4.24. The van der Waals surface area contributed by atoms with Crippen LogP contribution in [-0.2, 0) is 9.59 Å². The molecule has 0 bridgehead atoms. The number of likely N-dealkylation sites (tertiary alicyclic amines) is 1. The summed E-state index contributed by atoms with van der Waals surface area (Å²) in [5.41, 5.74) is 1.20. The van der Waals surface area contributed by atoms with Gasteiger partial charge >= 0.3 is 5.97 Å². The third-order valence-corrected chi connectivity index (χ3v) is 5.54. The van der Waals surface area contributed by atoms with Crippen molar-refractivity contribution in [1.82, 2.24) is 9.80 Å². The average Bonchev–Trinajstić information content (AvgIpc) is 2.95. The second-order valence-corrected chi connectivity index (χ2v) is 7.60. The van der Waals surface area contributed by atoms with Gasteiger partial charge in [-0.3, -0.25) is 19.3 Å². The molecule has 7 nitrogen and oxygen atoms in total. The van der Waals surface area contributed by atoms with Crippen LogP contribution in [-0.4, -0.2) is 50.7 Å². The lowest BCUT2D eigenvalue weighted by molar-refractivity contribution is -0.172. The lowest BCUT2D eigenvalue weighted by Crippen LogP contribution is -2.70. The molecule has 4 rings (SSSR count). The summed E-state index contributed by atoms with van der Waals surface area (Å²) >= 11 is 0. The average molecular weight is 392 g/mol. The van der Waals surface area contributed by atoms with Crippen LogP contribution >= 0.6 is 0 Å². The molecule has 148 valence electrons. The van der Waals surface area contributed by atoms with Gasteiger partial charge in [-0.15, -0.1) is 0 Å². The van der Waals surface area contributed by atoms with Crippen molar-refractivity contribution in [3.05, 3.63) is 71.3 Å². The van der Waals surface area contributed by atoms with E-state index in [1.165, 1.54) is 4.90 Å². The Hall–Kier alpha value is -3.48. The quantitative estimate of drug-likeness (QED) is 0.623. The molecular weight excluding hydrogens is 372 g/mol. The topological polar surface area (TPSA) is 95.0 Å². The van der Waals surface area contributed by atoms with Gasteiger partial charge in [0, 0.05) is 0 Å². The van der Waals surface area contributed by atoms with Gasteiger partial charge in [0.25, 0.3) is 11.8 Å². The molecule has 1 fully saturated rings. The van der Waals surface area contributed by atoms with Gasteiger partial charge in [0.2, 0.25) is 5.91 Å². The summed E-state index contributed by atoms with van der Waals surface area (Å²) in [6, 6.07) is 12.5. The van der Waals surface area contributed by atoms with Gasteiger partial charge in [-0.2, -0.15) is 0 Å². The van der Waals surface area contributed by atoms with Gasteiger partial charge in [0.1, 0.15) is 12.1 Å². The third kappa shape index (κ3) is 2.73. The Kier molecular flexibility index (Phi) is 4.45. The van der Waals surface area contributed by atoms with Crippen LogP contribution in [0.5, 0.6) is 0 Å². The van der Waals surface area contributed by atoms with Gasteiger partial charge in [-0.05, 0) is 23.6 Å². The molecule has 29 heavy (non-hydrogen) atoms. The number of carboxylic acids is 1. The maximum absolute atomic E-state index is 13.1. The lowest BCUT2D eigenvalue weighted by atomic mass is 9.83. The number of fused-ring (bicyclic) bond motifs is 1. The molecule has 2 aromatic carbocycles. The van der Waals surface area contributed by atoms with Gasteiger partial charge in [0.05, 0.1) is 17.2 Å². The predicted molar refractivity (Wildman–Crippen MR) is 103 cm³/mol. The molecule has 0 spiro atoms. The zero-order chi connectivity index (χ0) is 20.9. The molecule has 1 saturated heterocycles. The fraction of sp³-hybridized carbons (Fsp3) is 0.273. The number of aliphatic carboxylic acids is 1. The van der Waals surface area contributed by atoms with Gasteiger partial charge in [-0.1, -0.05) is 56.3 Å². The van der Waals surface area contributed by atoms with Crippen LogP contribution in [0.25, 0.3) is 0 Å². The first kappa shape index (κ1) is 18.9. The normalized spacial score (nSPS) is 22.0. The SMILES string of the molecule is CC(C)[C@@H](C(=O)O)N1C(=O)[C@H](N2C(=O)c3ccccc3C2=O)[C@@H]1c1ccccc1. The lowest BCUT2D eigenvalue weighted by Gasteiger charge is -2.52. The number of carboxylic acid groups (broad SMARTS) is 1. The molecule has 7 heteroatoms. The molecule has 2 aliphatic rings. The van der Waals surface area contributed by atoms with Crippen molar-refractivity contribution in [2.45, 2.75) is 32.0 Å². The standard InChI is InChI=1S/C22H20N2O5/c1-12(2)16(22(28)29)23-17(13-8-4-3-5-9-13)18(21(23)27)24-19(25)14-10-6-7-11-15(14)20(24)26/h3-12,16-18H,1-2H3,(H,28,29)/t16-,17-,18+/m0/s1. The molecule has 2 heterocycles. The number of carbonyl (C=O) groups is 4. The zero-order valence-corrected chi connectivity index (χ0v) is 16.0. The smallest absolute Gasteiger partial charge is 0.326 e. The van der Waals surface area contributed by atoms with Crippen molar-refractivity contribution >= 4 is 23.7 Å². The highest BCUT2D eigenvalue weighted by atomic mass is 16.4. The van der Waals surface area contributed by atoms with Crippen molar-refractivity contribution in [3.63, 3.8) is 0 Å². The Bertz CT molecular complexity index is 982. The van der Waals surface area contributed by atoms with Gasteiger partial charge < -0.3 is 10.0 Å². The highest BCUT2D eigenvalue weighted by Gasteiger charge is 2.59. The Morgan fingerprint density at radius 3 is 1.86 bits per heavy atom. The number of hydrogen-bond acceptors (Lipinski definition) is 4. The zero-order valence-electron chi connectivity index (χ0n) is 16.0.